The summed E-state index contributed by atoms with van der Waals surface area (Å²) < 4.78 is 0.746. The molecule has 2 aromatic heterocycles. The summed E-state index contributed by atoms with van der Waals surface area (Å²) in [6.07, 6.45) is 4.95. The van der Waals surface area contributed by atoms with Crippen molar-refractivity contribution in [3.05, 3.63) is 57.3 Å². The molecule has 0 unspecified atom stereocenters. The van der Waals surface area contributed by atoms with Crippen LogP contribution in [0.1, 0.15) is 24.8 Å². The molecule has 11 heteroatoms. The van der Waals surface area contributed by atoms with Crippen LogP contribution in [0.4, 0.5) is 27.9 Å². The Kier molecular flexibility index (Phi) is 8.90. The Balaban J connectivity index is 1.25. The summed E-state index contributed by atoms with van der Waals surface area (Å²) in [7, 11) is 0. The lowest BCUT2D eigenvalue weighted by atomic mass is 10.2. The number of benzene rings is 1. The van der Waals surface area contributed by atoms with Gasteiger partial charge in [0.25, 0.3) is 0 Å². The minimum atomic E-state index is -0.0753. The molecule has 9 nitrogen and oxygen atoms in total. The number of nitrogens with zero attached hydrogens (tertiary/aromatic N) is 3. The van der Waals surface area contributed by atoms with E-state index in [0.717, 1.165) is 48.1 Å². The van der Waals surface area contributed by atoms with E-state index in [1.807, 2.05) is 46.0 Å². The molecule has 3 amide bonds. The number of rotatable bonds is 10. The van der Waals surface area contributed by atoms with E-state index in [2.05, 4.69) is 47.2 Å². The molecule has 0 saturated carbocycles. The van der Waals surface area contributed by atoms with Gasteiger partial charge >= 0.3 is 6.03 Å². The van der Waals surface area contributed by atoms with E-state index in [0.29, 0.717) is 37.0 Å². The van der Waals surface area contributed by atoms with Crippen LogP contribution in [0.5, 0.6) is 0 Å². The number of amides is 3. The average molecular weight is 559 g/mol. The number of urea groups is 1. The van der Waals surface area contributed by atoms with Crippen molar-refractivity contribution in [1.82, 2.24) is 20.2 Å². The predicted octanol–water partition coefficient (Wildman–Crippen LogP) is 4.83. The highest BCUT2D eigenvalue weighted by Gasteiger charge is 2.17. The fourth-order valence-electron chi connectivity index (χ4n) is 3.64. The van der Waals surface area contributed by atoms with E-state index in [4.69, 9.17) is 0 Å². The zero-order valence-electron chi connectivity index (χ0n) is 19.2. The van der Waals surface area contributed by atoms with Crippen molar-refractivity contribution in [2.75, 3.05) is 42.1 Å². The molecule has 3 aromatic rings. The lowest BCUT2D eigenvalue weighted by Gasteiger charge is -2.16. The van der Waals surface area contributed by atoms with Crippen LogP contribution in [0.3, 0.4) is 0 Å². The predicted molar refractivity (Wildman–Crippen MR) is 143 cm³/mol. The first kappa shape index (κ1) is 24.9. The number of anilines is 4. The van der Waals surface area contributed by atoms with Gasteiger partial charge in [-0.05, 0) is 75.8 Å². The summed E-state index contributed by atoms with van der Waals surface area (Å²) in [4.78, 5) is 35.0. The van der Waals surface area contributed by atoms with Crippen LogP contribution in [0, 0.1) is 0 Å². The Morgan fingerprint density at radius 1 is 1.11 bits per heavy atom. The molecule has 0 spiro atoms. The Bertz CT molecular complexity index is 1140. The van der Waals surface area contributed by atoms with Crippen molar-refractivity contribution in [3.8, 4) is 0 Å². The first-order valence-corrected chi connectivity index (χ1v) is 13.3. The Hall–Kier alpha value is -3.18. The van der Waals surface area contributed by atoms with Gasteiger partial charge in [0.15, 0.2) is 0 Å². The van der Waals surface area contributed by atoms with Crippen molar-refractivity contribution in [3.63, 3.8) is 0 Å². The van der Waals surface area contributed by atoms with Gasteiger partial charge in [-0.25, -0.2) is 9.78 Å². The quantitative estimate of drug-likeness (QED) is 0.265. The van der Waals surface area contributed by atoms with E-state index >= 15 is 0 Å². The third-order valence-electron chi connectivity index (χ3n) is 5.42. The molecule has 35 heavy (non-hydrogen) atoms. The maximum Gasteiger partial charge on any atom is 0.321 e. The standard InChI is InChI=1S/C24H28BrN7O2S/c25-20-15-28-23(29-18-5-3-6-19(14-18)30-24(34)32-10-1-2-11-32)31-22(20)27-9-4-8-26-21(33)13-17-7-12-35-16-17/h3,5-7,12,14-16H,1-2,4,8-11,13H2,(H,26,33)(H,30,34)(H2,27,28,29,31). The van der Waals surface area contributed by atoms with Crippen molar-refractivity contribution in [2.45, 2.75) is 25.7 Å². The van der Waals surface area contributed by atoms with E-state index < -0.39 is 0 Å². The van der Waals surface area contributed by atoms with Gasteiger partial charge in [-0.3, -0.25) is 4.79 Å². The van der Waals surface area contributed by atoms with Gasteiger partial charge in [0.1, 0.15) is 5.82 Å². The van der Waals surface area contributed by atoms with Crippen LogP contribution in [-0.2, 0) is 11.2 Å². The first-order chi connectivity index (χ1) is 17.1. The number of halogens is 1. The van der Waals surface area contributed by atoms with Gasteiger partial charge in [-0.1, -0.05) is 6.07 Å². The monoisotopic (exact) mass is 557 g/mol. The molecule has 1 aliphatic rings. The zero-order valence-corrected chi connectivity index (χ0v) is 21.6. The number of hydrogen-bond acceptors (Lipinski definition) is 7. The number of nitrogens with one attached hydrogen (secondary N) is 4. The molecule has 0 atom stereocenters. The Morgan fingerprint density at radius 2 is 1.94 bits per heavy atom. The van der Waals surface area contributed by atoms with E-state index in [1.165, 1.54) is 0 Å². The van der Waals surface area contributed by atoms with Crippen molar-refractivity contribution < 1.29 is 9.59 Å². The van der Waals surface area contributed by atoms with E-state index in [9.17, 15) is 9.59 Å². The minimum Gasteiger partial charge on any atom is -0.369 e. The van der Waals surface area contributed by atoms with Gasteiger partial charge < -0.3 is 26.2 Å². The summed E-state index contributed by atoms with van der Waals surface area (Å²) in [5, 5.41) is 16.3. The van der Waals surface area contributed by atoms with Crippen molar-refractivity contribution in [1.29, 1.82) is 0 Å². The van der Waals surface area contributed by atoms with Crippen LogP contribution >= 0.6 is 27.3 Å². The molecular weight excluding hydrogens is 530 g/mol. The molecule has 0 radical (unpaired) electrons. The molecule has 1 saturated heterocycles. The molecule has 1 aromatic carbocycles. The Labute approximate surface area is 216 Å². The molecular formula is C24H28BrN7O2S. The number of carbonyl (C=O) groups excluding carboxylic acids is 2. The molecule has 4 rings (SSSR count). The van der Waals surface area contributed by atoms with Gasteiger partial charge in [0, 0.05) is 43.8 Å². The third-order valence-corrected chi connectivity index (χ3v) is 6.73. The van der Waals surface area contributed by atoms with Crippen LogP contribution in [0.2, 0.25) is 0 Å². The lowest BCUT2D eigenvalue weighted by Crippen LogP contribution is -2.32. The first-order valence-electron chi connectivity index (χ1n) is 11.5. The summed E-state index contributed by atoms with van der Waals surface area (Å²) in [5.41, 5.74) is 2.52. The fraction of sp³-hybridized carbons (Fsp3) is 0.333. The largest absolute Gasteiger partial charge is 0.369 e. The second kappa shape index (κ2) is 12.5. The number of hydrogen-bond donors (Lipinski definition) is 4. The molecule has 4 N–H and O–H groups in total. The van der Waals surface area contributed by atoms with Crippen molar-refractivity contribution in [2.24, 2.45) is 0 Å². The topological polar surface area (TPSA) is 111 Å². The SMILES string of the molecule is O=C(Cc1ccsc1)NCCCNc1nc(Nc2cccc(NC(=O)N3CCCC3)c2)ncc1Br. The summed E-state index contributed by atoms with van der Waals surface area (Å²) in [6, 6.07) is 9.35. The average Bonchev–Trinajstić information content (AvgIpc) is 3.56. The normalized spacial score (nSPS) is 12.9. The molecule has 0 bridgehead atoms. The second-order valence-electron chi connectivity index (χ2n) is 8.16. The van der Waals surface area contributed by atoms with Gasteiger partial charge in [-0.2, -0.15) is 16.3 Å². The maximum atomic E-state index is 12.4. The van der Waals surface area contributed by atoms with Gasteiger partial charge in [-0.15, -0.1) is 0 Å². The number of likely N-dealkylation sites (tertiary alicyclic amines) is 1. The van der Waals surface area contributed by atoms with Gasteiger partial charge in [0.05, 0.1) is 10.9 Å². The summed E-state index contributed by atoms with van der Waals surface area (Å²) >= 11 is 5.07. The molecule has 184 valence electrons. The number of aromatic nitrogens is 2. The Morgan fingerprint density at radius 3 is 2.74 bits per heavy atom. The minimum absolute atomic E-state index is 0.0250. The maximum absolute atomic E-state index is 12.4. The zero-order chi connectivity index (χ0) is 24.5. The molecule has 1 fully saturated rings. The fourth-order valence-corrected chi connectivity index (χ4v) is 4.64. The smallest absolute Gasteiger partial charge is 0.321 e. The molecule has 3 heterocycles. The number of thiophene rings is 1. The highest BCUT2D eigenvalue weighted by atomic mass is 79.9. The highest BCUT2D eigenvalue weighted by Crippen LogP contribution is 2.23. The van der Waals surface area contributed by atoms with Crippen LogP contribution in [0.25, 0.3) is 0 Å². The van der Waals surface area contributed by atoms with Crippen LogP contribution in [0.15, 0.2) is 51.8 Å². The van der Waals surface area contributed by atoms with Crippen LogP contribution < -0.4 is 21.3 Å². The molecule has 1 aliphatic heterocycles. The summed E-state index contributed by atoms with van der Waals surface area (Å²) in [5.74, 6) is 1.12. The van der Waals surface area contributed by atoms with E-state index in [-0.39, 0.29) is 11.9 Å². The van der Waals surface area contributed by atoms with Gasteiger partial charge in [0.2, 0.25) is 11.9 Å². The molecule has 0 aliphatic carbocycles. The highest BCUT2D eigenvalue weighted by molar-refractivity contribution is 9.10. The second-order valence-corrected chi connectivity index (χ2v) is 9.79. The lowest BCUT2D eigenvalue weighted by molar-refractivity contribution is -0.120. The summed E-state index contributed by atoms with van der Waals surface area (Å²) in [6.45, 7) is 2.83. The van der Waals surface area contributed by atoms with Crippen molar-refractivity contribution >= 4 is 62.3 Å². The third kappa shape index (κ3) is 7.66. The van der Waals surface area contributed by atoms with E-state index in [1.54, 1.807) is 17.5 Å². The number of carbonyl (C=O) groups is 2. The van der Waals surface area contributed by atoms with Crippen LogP contribution in [-0.4, -0.2) is 53.0 Å².